The number of aromatic nitrogens is 2. The van der Waals surface area contributed by atoms with E-state index in [9.17, 15) is 9.18 Å². The molecule has 5 nitrogen and oxygen atoms in total. The highest BCUT2D eigenvalue weighted by atomic mass is 32.2. The maximum atomic E-state index is 13.7. The van der Waals surface area contributed by atoms with Crippen LogP contribution in [-0.4, -0.2) is 40.8 Å². The summed E-state index contributed by atoms with van der Waals surface area (Å²) in [6.45, 7) is 0.376. The van der Waals surface area contributed by atoms with Gasteiger partial charge in [0.1, 0.15) is 11.5 Å². The van der Waals surface area contributed by atoms with Gasteiger partial charge in [0, 0.05) is 29.6 Å². The summed E-state index contributed by atoms with van der Waals surface area (Å²) in [5, 5.41) is 3.02. The molecule has 7 heteroatoms. The normalized spacial score (nSPS) is 12.2. The molecule has 0 bridgehead atoms. The van der Waals surface area contributed by atoms with Crippen LogP contribution in [0, 0.1) is 5.82 Å². The lowest BCUT2D eigenvalue weighted by Crippen LogP contribution is -2.34. The van der Waals surface area contributed by atoms with Crippen LogP contribution >= 0.6 is 11.8 Å². The summed E-state index contributed by atoms with van der Waals surface area (Å²) in [6.07, 6.45) is 3.98. The smallest absolute Gasteiger partial charge is 0.252 e. The van der Waals surface area contributed by atoms with Crippen LogP contribution in [-0.2, 0) is 5.75 Å². The van der Waals surface area contributed by atoms with Crippen molar-refractivity contribution in [3.63, 3.8) is 0 Å². The number of carbonyl (C=O) groups is 1. The summed E-state index contributed by atoms with van der Waals surface area (Å²) in [4.78, 5) is 20.5. The molecule has 0 fully saturated rings. The fourth-order valence-electron chi connectivity index (χ4n) is 3.59. The van der Waals surface area contributed by atoms with E-state index in [1.807, 2.05) is 84.3 Å². The number of hydrogen-bond acceptors (Lipinski definition) is 4. The number of amides is 1. The molecule has 2 aromatic heterocycles. The number of thioether (sulfide) groups is 1. The Morgan fingerprint density at radius 3 is 2.72 bits per heavy atom. The topological polar surface area (TPSA) is 49.6 Å². The summed E-state index contributed by atoms with van der Waals surface area (Å²) in [5.74, 6) is 0.232. The van der Waals surface area contributed by atoms with E-state index in [-0.39, 0.29) is 17.8 Å². The Bertz CT molecular complexity index is 1190. The van der Waals surface area contributed by atoms with Gasteiger partial charge < -0.3 is 14.6 Å². The van der Waals surface area contributed by atoms with Gasteiger partial charge in [0.05, 0.1) is 17.3 Å². The zero-order valence-electron chi connectivity index (χ0n) is 18.0. The molecule has 0 aliphatic heterocycles. The molecule has 0 saturated carbocycles. The SMILES string of the molecule is CN(C)C(CNC(=O)c1ccccc1SCc1cn2ccccc2n1)c1cccc(F)c1. The summed E-state index contributed by atoms with van der Waals surface area (Å²) < 4.78 is 15.7. The second kappa shape index (κ2) is 9.97. The third kappa shape index (κ3) is 5.18. The van der Waals surface area contributed by atoms with Crippen LogP contribution in [0.4, 0.5) is 4.39 Å². The van der Waals surface area contributed by atoms with Crippen molar-refractivity contribution in [2.24, 2.45) is 0 Å². The van der Waals surface area contributed by atoms with Gasteiger partial charge in [0.25, 0.3) is 5.91 Å². The standard InChI is InChI=1S/C25H25FN4OS/c1-29(2)22(18-8-7-9-19(26)14-18)15-27-25(31)21-10-3-4-11-23(21)32-17-20-16-30-13-6-5-12-24(30)28-20/h3-14,16,22H,15,17H2,1-2H3,(H,27,31). The number of imidazole rings is 1. The molecule has 4 rings (SSSR count). The van der Waals surface area contributed by atoms with E-state index >= 15 is 0 Å². The lowest BCUT2D eigenvalue weighted by atomic mass is 10.1. The van der Waals surface area contributed by atoms with Crippen molar-refractivity contribution in [2.75, 3.05) is 20.6 Å². The van der Waals surface area contributed by atoms with Gasteiger partial charge in [-0.25, -0.2) is 9.37 Å². The van der Waals surface area contributed by atoms with E-state index in [1.54, 1.807) is 17.8 Å². The molecular formula is C25H25FN4OS. The van der Waals surface area contributed by atoms with Crippen molar-refractivity contribution < 1.29 is 9.18 Å². The average Bonchev–Trinajstić information content (AvgIpc) is 3.21. The minimum Gasteiger partial charge on any atom is -0.350 e. The molecule has 32 heavy (non-hydrogen) atoms. The summed E-state index contributed by atoms with van der Waals surface area (Å²) in [5.41, 5.74) is 3.30. The lowest BCUT2D eigenvalue weighted by molar-refractivity contribution is 0.0939. The van der Waals surface area contributed by atoms with E-state index in [0.29, 0.717) is 17.9 Å². The number of nitrogens with zero attached hydrogens (tertiary/aromatic N) is 3. The first-order valence-corrected chi connectivity index (χ1v) is 11.3. The van der Waals surface area contributed by atoms with Crippen LogP contribution in [0.15, 0.2) is 84.0 Å². The molecule has 0 aliphatic rings. The van der Waals surface area contributed by atoms with Crippen molar-refractivity contribution in [3.8, 4) is 0 Å². The van der Waals surface area contributed by atoms with Crippen LogP contribution in [0.3, 0.4) is 0 Å². The van der Waals surface area contributed by atoms with E-state index in [0.717, 1.165) is 21.8 Å². The number of halogens is 1. The maximum absolute atomic E-state index is 13.7. The largest absolute Gasteiger partial charge is 0.350 e. The molecule has 4 aromatic rings. The van der Waals surface area contributed by atoms with Crippen molar-refractivity contribution in [3.05, 3.63) is 102 Å². The number of rotatable bonds is 8. The summed E-state index contributed by atoms with van der Waals surface area (Å²) >= 11 is 1.59. The highest BCUT2D eigenvalue weighted by Crippen LogP contribution is 2.26. The second-order valence-electron chi connectivity index (χ2n) is 7.73. The zero-order valence-corrected chi connectivity index (χ0v) is 18.8. The van der Waals surface area contributed by atoms with Gasteiger partial charge in [0.15, 0.2) is 0 Å². The molecule has 2 aromatic carbocycles. The monoisotopic (exact) mass is 448 g/mol. The van der Waals surface area contributed by atoms with Crippen LogP contribution in [0.1, 0.15) is 27.7 Å². The molecule has 0 spiro atoms. The maximum Gasteiger partial charge on any atom is 0.252 e. The highest BCUT2D eigenvalue weighted by Gasteiger charge is 2.18. The van der Waals surface area contributed by atoms with Gasteiger partial charge in [-0.2, -0.15) is 0 Å². The molecule has 1 amide bonds. The third-order valence-corrected chi connectivity index (χ3v) is 6.34. The quantitative estimate of drug-likeness (QED) is 0.394. The number of benzene rings is 2. The second-order valence-corrected chi connectivity index (χ2v) is 8.74. The Morgan fingerprint density at radius 2 is 1.94 bits per heavy atom. The summed E-state index contributed by atoms with van der Waals surface area (Å²) in [7, 11) is 3.83. The predicted octanol–water partition coefficient (Wildman–Crippen LogP) is 4.80. The molecule has 2 heterocycles. The number of fused-ring (bicyclic) bond motifs is 1. The van der Waals surface area contributed by atoms with E-state index < -0.39 is 0 Å². The lowest BCUT2D eigenvalue weighted by Gasteiger charge is -2.25. The first kappa shape index (κ1) is 22.0. The van der Waals surface area contributed by atoms with Crippen LogP contribution in [0.25, 0.3) is 5.65 Å². The molecule has 0 saturated heterocycles. The number of pyridine rings is 1. The molecule has 0 aliphatic carbocycles. The predicted molar refractivity (Wildman–Crippen MR) is 126 cm³/mol. The van der Waals surface area contributed by atoms with Crippen molar-refractivity contribution in [2.45, 2.75) is 16.7 Å². The van der Waals surface area contributed by atoms with Crippen LogP contribution < -0.4 is 5.32 Å². The zero-order chi connectivity index (χ0) is 22.5. The number of hydrogen-bond donors (Lipinski definition) is 1. The minimum atomic E-state index is -0.283. The highest BCUT2D eigenvalue weighted by molar-refractivity contribution is 7.98. The molecule has 164 valence electrons. The van der Waals surface area contributed by atoms with Crippen molar-refractivity contribution in [1.82, 2.24) is 19.6 Å². The van der Waals surface area contributed by atoms with Crippen LogP contribution in [0.5, 0.6) is 0 Å². The molecular weight excluding hydrogens is 423 g/mol. The van der Waals surface area contributed by atoms with Crippen LogP contribution in [0.2, 0.25) is 0 Å². The Balaban J connectivity index is 1.44. The van der Waals surface area contributed by atoms with E-state index in [1.165, 1.54) is 12.1 Å². The van der Waals surface area contributed by atoms with E-state index in [4.69, 9.17) is 0 Å². The van der Waals surface area contributed by atoms with Gasteiger partial charge in [0.2, 0.25) is 0 Å². The Labute approximate surface area is 191 Å². The summed E-state index contributed by atoms with van der Waals surface area (Å²) in [6, 6.07) is 19.8. The first-order chi connectivity index (χ1) is 15.5. The van der Waals surface area contributed by atoms with Gasteiger partial charge in [-0.1, -0.05) is 30.3 Å². The molecule has 1 atom stereocenters. The molecule has 1 N–H and O–H groups in total. The number of likely N-dealkylation sites (N-methyl/N-ethyl adjacent to an activating group) is 1. The Hall–Kier alpha value is -3.16. The Morgan fingerprint density at radius 1 is 1.12 bits per heavy atom. The minimum absolute atomic E-state index is 0.132. The number of carbonyl (C=O) groups excluding carboxylic acids is 1. The van der Waals surface area contributed by atoms with Gasteiger partial charge in [-0.15, -0.1) is 11.8 Å². The Kier molecular flexibility index (Phi) is 6.87. The fraction of sp³-hybridized carbons (Fsp3) is 0.200. The van der Waals surface area contributed by atoms with Gasteiger partial charge in [-0.05, 0) is 56.1 Å². The van der Waals surface area contributed by atoms with Crippen molar-refractivity contribution in [1.29, 1.82) is 0 Å². The number of nitrogens with one attached hydrogen (secondary N) is 1. The van der Waals surface area contributed by atoms with Crippen molar-refractivity contribution >= 4 is 23.3 Å². The first-order valence-electron chi connectivity index (χ1n) is 10.4. The molecule has 0 radical (unpaired) electrons. The van der Waals surface area contributed by atoms with Gasteiger partial charge in [-0.3, -0.25) is 4.79 Å². The molecule has 1 unspecified atom stereocenters. The van der Waals surface area contributed by atoms with E-state index in [2.05, 4.69) is 10.3 Å². The fourth-order valence-corrected chi connectivity index (χ4v) is 4.52. The van der Waals surface area contributed by atoms with Gasteiger partial charge >= 0.3 is 0 Å². The third-order valence-electron chi connectivity index (χ3n) is 5.23. The average molecular weight is 449 g/mol.